The Balaban J connectivity index is 1.42. The fourth-order valence-corrected chi connectivity index (χ4v) is 5.82. The van der Waals surface area contributed by atoms with Crippen molar-refractivity contribution in [2.45, 2.75) is 64.0 Å². The first kappa shape index (κ1) is 19.1. The average Bonchev–Trinajstić information content (AvgIpc) is 3.11. The zero-order valence-corrected chi connectivity index (χ0v) is 17.2. The van der Waals surface area contributed by atoms with Crippen LogP contribution in [0.1, 0.15) is 56.9 Å². The van der Waals surface area contributed by atoms with E-state index in [4.69, 9.17) is 9.47 Å². The van der Waals surface area contributed by atoms with Crippen LogP contribution in [-0.2, 0) is 6.54 Å². The van der Waals surface area contributed by atoms with E-state index in [1.807, 2.05) is 6.07 Å². The Morgan fingerprint density at radius 3 is 2.59 bits per heavy atom. The predicted octanol–water partition coefficient (Wildman–Crippen LogP) is 4.32. The summed E-state index contributed by atoms with van der Waals surface area (Å²) >= 11 is 0. The Morgan fingerprint density at radius 2 is 1.81 bits per heavy atom. The molecule has 0 aromatic heterocycles. The maximum absolute atomic E-state index is 5.66. The molecule has 0 N–H and O–H groups in total. The average molecular weight is 373 g/mol. The van der Waals surface area contributed by atoms with E-state index in [1.165, 1.54) is 83.1 Å². The van der Waals surface area contributed by atoms with Crippen molar-refractivity contribution < 1.29 is 9.47 Å². The lowest BCUT2D eigenvalue weighted by atomic mass is 9.79. The highest BCUT2D eigenvalue weighted by molar-refractivity contribution is 5.46. The van der Waals surface area contributed by atoms with E-state index in [-0.39, 0.29) is 0 Å². The van der Waals surface area contributed by atoms with Gasteiger partial charge in [-0.2, -0.15) is 0 Å². The summed E-state index contributed by atoms with van der Waals surface area (Å²) in [4.78, 5) is 5.50. The summed E-state index contributed by atoms with van der Waals surface area (Å²) < 4.78 is 11.2. The van der Waals surface area contributed by atoms with Crippen molar-refractivity contribution in [2.75, 3.05) is 40.4 Å². The number of hydrogen-bond donors (Lipinski definition) is 0. The lowest BCUT2D eigenvalue weighted by Gasteiger charge is -2.41. The second-order valence-corrected chi connectivity index (χ2v) is 8.98. The fraction of sp³-hybridized carbons (Fsp3) is 0.739. The molecule has 1 atom stereocenters. The molecule has 0 bridgehead atoms. The zero-order valence-electron chi connectivity index (χ0n) is 17.2. The first-order valence-corrected chi connectivity index (χ1v) is 10.9. The normalized spacial score (nSPS) is 27.9. The summed E-state index contributed by atoms with van der Waals surface area (Å²) in [6.07, 6.45) is 11.3. The van der Waals surface area contributed by atoms with Gasteiger partial charge in [0.15, 0.2) is 11.5 Å². The summed E-state index contributed by atoms with van der Waals surface area (Å²) in [5.41, 5.74) is 1.76. The molecular formula is C23H36N2O2. The summed E-state index contributed by atoms with van der Waals surface area (Å²) in [5, 5.41) is 0. The van der Waals surface area contributed by atoms with Crippen LogP contribution in [0, 0.1) is 5.41 Å². The van der Waals surface area contributed by atoms with Gasteiger partial charge in [-0.15, -0.1) is 0 Å². The van der Waals surface area contributed by atoms with Gasteiger partial charge in [0, 0.05) is 31.2 Å². The fourth-order valence-electron chi connectivity index (χ4n) is 5.82. The lowest BCUT2D eigenvalue weighted by molar-refractivity contribution is 0.0767. The van der Waals surface area contributed by atoms with Gasteiger partial charge in [-0.1, -0.05) is 31.4 Å². The third-order valence-corrected chi connectivity index (χ3v) is 7.18. The van der Waals surface area contributed by atoms with Crippen LogP contribution in [0.5, 0.6) is 11.5 Å². The number of para-hydroxylation sites is 1. The van der Waals surface area contributed by atoms with Crippen molar-refractivity contribution in [3.8, 4) is 11.5 Å². The molecule has 1 saturated carbocycles. The molecule has 1 aromatic carbocycles. The third kappa shape index (κ3) is 4.12. The van der Waals surface area contributed by atoms with Gasteiger partial charge in [0.2, 0.25) is 0 Å². The number of rotatable bonds is 5. The highest BCUT2D eigenvalue weighted by Crippen LogP contribution is 2.42. The number of ether oxygens (including phenoxy) is 2. The molecule has 1 aromatic rings. The van der Waals surface area contributed by atoms with Crippen LogP contribution in [0.25, 0.3) is 0 Å². The monoisotopic (exact) mass is 372 g/mol. The van der Waals surface area contributed by atoms with Gasteiger partial charge in [-0.25, -0.2) is 0 Å². The van der Waals surface area contributed by atoms with Gasteiger partial charge < -0.3 is 9.47 Å². The maximum atomic E-state index is 5.66. The van der Waals surface area contributed by atoms with E-state index in [9.17, 15) is 0 Å². The maximum Gasteiger partial charge on any atom is 0.165 e. The molecule has 1 spiro atoms. The van der Waals surface area contributed by atoms with Gasteiger partial charge in [0.05, 0.1) is 14.2 Å². The SMILES string of the molecule is COc1cccc(CN2CCCC3(CCN(C4CCCCC4)C3)C2)c1OC. The van der Waals surface area contributed by atoms with Crippen LogP contribution >= 0.6 is 0 Å². The molecule has 3 aliphatic rings. The van der Waals surface area contributed by atoms with Crippen LogP contribution in [0.4, 0.5) is 0 Å². The number of piperidine rings is 1. The Morgan fingerprint density at radius 1 is 0.963 bits per heavy atom. The van der Waals surface area contributed by atoms with Crippen molar-refractivity contribution in [1.82, 2.24) is 9.80 Å². The quantitative estimate of drug-likeness (QED) is 0.768. The van der Waals surface area contributed by atoms with E-state index >= 15 is 0 Å². The van der Waals surface area contributed by atoms with Crippen LogP contribution in [0.3, 0.4) is 0 Å². The van der Waals surface area contributed by atoms with Crippen LogP contribution in [-0.4, -0.2) is 56.2 Å². The van der Waals surface area contributed by atoms with Crippen LogP contribution in [0.2, 0.25) is 0 Å². The molecule has 1 aliphatic carbocycles. The second-order valence-electron chi connectivity index (χ2n) is 8.98. The summed E-state index contributed by atoms with van der Waals surface area (Å²) in [6, 6.07) is 7.12. The third-order valence-electron chi connectivity index (χ3n) is 7.18. The standard InChI is InChI=1S/C23H36N2O2/c1-26-21-11-6-8-19(22(21)27-2)16-24-14-7-12-23(17-24)13-15-25(18-23)20-9-4-3-5-10-20/h6,8,11,20H,3-5,7,9-10,12-18H2,1-2H3. The number of methoxy groups -OCH3 is 2. The molecule has 2 aliphatic heterocycles. The van der Waals surface area contributed by atoms with Gasteiger partial charge in [0.1, 0.15) is 0 Å². The smallest absolute Gasteiger partial charge is 0.165 e. The lowest BCUT2D eigenvalue weighted by Crippen LogP contribution is -2.45. The van der Waals surface area contributed by atoms with Gasteiger partial charge in [0.25, 0.3) is 0 Å². The molecular weight excluding hydrogens is 336 g/mol. The Labute approximate surface area is 164 Å². The molecule has 150 valence electrons. The van der Waals surface area contributed by atoms with Crippen molar-refractivity contribution in [1.29, 1.82) is 0 Å². The number of nitrogens with zero attached hydrogens (tertiary/aromatic N) is 2. The van der Waals surface area contributed by atoms with Crippen molar-refractivity contribution >= 4 is 0 Å². The minimum atomic E-state index is 0.516. The summed E-state index contributed by atoms with van der Waals surface area (Å²) in [6.45, 7) is 6.04. The van der Waals surface area contributed by atoms with E-state index < -0.39 is 0 Å². The molecule has 3 fully saturated rings. The Kier molecular flexibility index (Phi) is 5.93. The molecule has 4 heteroatoms. The molecule has 0 radical (unpaired) electrons. The van der Waals surface area contributed by atoms with Gasteiger partial charge in [-0.3, -0.25) is 9.80 Å². The molecule has 0 amide bonds. The topological polar surface area (TPSA) is 24.9 Å². The first-order chi connectivity index (χ1) is 13.2. The minimum Gasteiger partial charge on any atom is -0.493 e. The molecule has 27 heavy (non-hydrogen) atoms. The molecule has 2 saturated heterocycles. The number of likely N-dealkylation sites (tertiary alicyclic amines) is 2. The first-order valence-electron chi connectivity index (χ1n) is 10.9. The number of benzene rings is 1. The Bertz CT molecular complexity index is 629. The highest BCUT2D eigenvalue weighted by Gasteiger charge is 2.43. The second kappa shape index (κ2) is 8.40. The molecule has 4 nitrogen and oxygen atoms in total. The van der Waals surface area contributed by atoms with E-state index in [0.717, 1.165) is 24.1 Å². The molecule has 1 unspecified atom stereocenters. The predicted molar refractivity (Wildman–Crippen MR) is 110 cm³/mol. The Hall–Kier alpha value is -1.26. The van der Waals surface area contributed by atoms with E-state index in [2.05, 4.69) is 21.9 Å². The summed E-state index contributed by atoms with van der Waals surface area (Å²) in [7, 11) is 3.47. The van der Waals surface area contributed by atoms with Crippen LogP contribution in [0.15, 0.2) is 18.2 Å². The van der Waals surface area contributed by atoms with E-state index in [0.29, 0.717) is 5.41 Å². The largest absolute Gasteiger partial charge is 0.493 e. The number of hydrogen-bond acceptors (Lipinski definition) is 4. The van der Waals surface area contributed by atoms with Crippen molar-refractivity contribution in [3.05, 3.63) is 23.8 Å². The van der Waals surface area contributed by atoms with Crippen molar-refractivity contribution in [2.24, 2.45) is 5.41 Å². The molecule has 4 rings (SSSR count). The summed E-state index contributed by atoms with van der Waals surface area (Å²) in [5.74, 6) is 1.74. The van der Waals surface area contributed by atoms with Crippen LogP contribution < -0.4 is 9.47 Å². The highest BCUT2D eigenvalue weighted by atomic mass is 16.5. The molecule has 2 heterocycles. The van der Waals surface area contributed by atoms with Gasteiger partial charge >= 0.3 is 0 Å². The minimum absolute atomic E-state index is 0.516. The van der Waals surface area contributed by atoms with Gasteiger partial charge in [-0.05, 0) is 56.7 Å². The zero-order chi connectivity index (χ0) is 18.7. The van der Waals surface area contributed by atoms with Crippen molar-refractivity contribution in [3.63, 3.8) is 0 Å². The van der Waals surface area contributed by atoms with E-state index in [1.54, 1.807) is 14.2 Å².